The maximum Gasteiger partial charge on any atom is 0.321 e. The fraction of sp³-hybridized carbons (Fsp3) is 0.824. The number of carbonyl (C=O) groups excluding carboxylic acids is 3. The van der Waals surface area contributed by atoms with Gasteiger partial charge in [-0.1, -0.05) is 19.3 Å². The molecule has 0 spiro atoms. The molecular formula is C17H30N4O3. The van der Waals surface area contributed by atoms with Gasteiger partial charge in [-0.05, 0) is 25.7 Å². The Morgan fingerprint density at radius 1 is 1.04 bits per heavy atom. The summed E-state index contributed by atoms with van der Waals surface area (Å²) in [6.45, 7) is 4.43. The fourth-order valence-electron chi connectivity index (χ4n) is 3.57. The van der Waals surface area contributed by atoms with Gasteiger partial charge in [0, 0.05) is 39.6 Å². The van der Waals surface area contributed by atoms with Gasteiger partial charge in [-0.2, -0.15) is 0 Å². The van der Waals surface area contributed by atoms with Crippen LogP contribution in [0.15, 0.2) is 0 Å². The van der Waals surface area contributed by atoms with Gasteiger partial charge in [0.1, 0.15) is 0 Å². The number of urea groups is 1. The number of hydrogen-bond donors (Lipinski definition) is 2. The maximum absolute atomic E-state index is 12.4. The first kappa shape index (κ1) is 18.7. The molecule has 1 aliphatic carbocycles. The molecule has 1 heterocycles. The fourth-order valence-corrected chi connectivity index (χ4v) is 3.57. The molecule has 0 aromatic rings. The van der Waals surface area contributed by atoms with Crippen LogP contribution in [-0.4, -0.2) is 66.9 Å². The van der Waals surface area contributed by atoms with Crippen molar-refractivity contribution >= 4 is 17.8 Å². The van der Waals surface area contributed by atoms with E-state index in [4.69, 9.17) is 0 Å². The summed E-state index contributed by atoms with van der Waals surface area (Å²) in [6.07, 6.45) is 6.85. The van der Waals surface area contributed by atoms with Crippen molar-refractivity contribution < 1.29 is 14.4 Å². The van der Waals surface area contributed by atoms with E-state index in [1.165, 1.54) is 39.2 Å². The first-order valence-electron chi connectivity index (χ1n) is 9.05. The van der Waals surface area contributed by atoms with Crippen LogP contribution >= 0.6 is 0 Å². The van der Waals surface area contributed by atoms with Gasteiger partial charge in [0.2, 0.25) is 11.8 Å². The molecule has 0 aromatic carbocycles. The highest BCUT2D eigenvalue weighted by Crippen LogP contribution is 2.27. The van der Waals surface area contributed by atoms with E-state index in [0.29, 0.717) is 38.5 Å². The molecule has 24 heavy (non-hydrogen) atoms. The van der Waals surface area contributed by atoms with Gasteiger partial charge in [0.25, 0.3) is 0 Å². The van der Waals surface area contributed by atoms with Crippen molar-refractivity contribution in [2.75, 3.05) is 33.2 Å². The molecule has 1 saturated heterocycles. The van der Waals surface area contributed by atoms with Crippen molar-refractivity contribution in [3.8, 4) is 0 Å². The Hall–Kier alpha value is -1.63. The highest BCUT2D eigenvalue weighted by molar-refractivity contribution is 5.96. The number of hydrogen-bond acceptors (Lipinski definition) is 4. The molecule has 2 N–H and O–H groups in total. The lowest BCUT2D eigenvalue weighted by atomic mass is 9.86. The summed E-state index contributed by atoms with van der Waals surface area (Å²) in [5, 5.41) is 4.68. The molecule has 1 saturated carbocycles. The van der Waals surface area contributed by atoms with Crippen molar-refractivity contribution in [1.29, 1.82) is 0 Å². The van der Waals surface area contributed by atoms with E-state index in [9.17, 15) is 14.4 Å². The minimum absolute atomic E-state index is 0.254. The molecular weight excluding hydrogens is 308 g/mol. The van der Waals surface area contributed by atoms with E-state index in [0.717, 1.165) is 0 Å². The number of imide groups is 1. The molecule has 2 aliphatic rings. The first-order chi connectivity index (χ1) is 11.5. The Morgan fingerprint density at radius 2 is 1.67 bits per heavy atom. The molecule has 7 heteroatoms. The number of carbonyl (C=O) groups is 3. The summed E-state index contributed by atoms with van der Waals surface area (Å²) in [7, 11) is 1.48. The van der Waals surface area contributed by atoms with Gasteiger partial charge in [-0.3, -0.25) is 19.8 Å². The highest BCUT2D eigenvalue weighted by atomic mass is 16.2. The van der Waals surface area contributed by atoms with Crippen molar-refractivity contribution in [1.82, 2.24) is 20.4 Å². The largest absolute Gasteiger partial charge is 0.341 e. The molecule has 1 unspecified atom stereocenters. The first-order valence-corrected chi connectivity index (χ1v) is 9.05. The Morgan fingerprint density at radius 3 is 2.25 bits per heavy atom. The van der Waals surface area contributed by atoms with Crippen molar-refractivity contribution in [3.63, 3.8) is 0 Å². The van der Waals surface area contributed by atoms with Crippen LogP contribution in [0.1, 0.15) is 45.4 Å². The molecule has 1 atom stereocenters. The van der Waals surface area contributed by atoms with Crippen LogP contribution in [0, 0.1) is 5.92 Å². The van der Waals surface area contributed by atoms with Gasteiger partial charge in [-0.15, -0.1) is 0 Å². The summed E-state index contributed by atoms with van der Waals surface area (Å²) >= 11 is 0. The zero-order chi connectivity index (χ0) is 17.5. The van der Waals surface area contributed by atoms with Crippen LogP contribution < -0.4 is 10.6 Å². The standard InChI is InChI=1S/C17H30N4O3/c1-13(16(23)19-17(24)18-2)20-8-10-21(11-9-20)15(22)12-14-6-4-3-5-7-14/h13-14H,3-12H2,1-2H3,(H2,18,19,23,24). The third-order valence-corrected chi connectivity index (χ3v) is 5.25. The minimum atomic E-state index is -0.492. The highest BCUT2D eigenvalue weighted by Gasteiger charge is 2.29. The maximum atomic E-state index is 12.4. The second-order valence-corrected chi connectivity index (χ2v) is 6.87. The monoisotopic (exact) mass is 338 g/mol. The van der Waals surface area contributed by atoms with E-state index in [-0.39, 0.29) is 17.9 Å². The van der Waals surface area contributed by atoms with Crippen LogP contribution in [0.5, 0.6) is 0 Å². The Bertz CT molecular complexity index is 455. The van der Waals surface area contributed by atoms with Crippen LogP contribution in [-0.2, 0) is 9.59 Å². The molecule has 2 fully saturated rings. The summed E-state index contributed by atoms with van der Waals surface area (Å²) < 4.78 is 0. The van der Waals surface area contributed by atoms with E-state index in [2.05, 4.69) is 10.6 Å². The second kappa shape index (κ2) is 9.01. The number of nitrogens with one attached hydrogen (secondary N) is 2. The van der Waals surface area contributed by atoms with E-state index in [1.807, 2.05) is 9.80 Å². The van der Waals surface area contributed by atoms with Crippen LogP contribution in [0.2, 0.25) is 0 Å². The van der Waals surface area contributed by atoms with Crippen LogP contribution in [0.25, 0.3) is 0 Å². The van der Waals surface area contributed by atoms with Crippen LogP contribution in [0.3, 0.4) is 0 Å². The summed E-state index contributed by atoms with van der Waals surface area (Å²) in [4.78, 5) is 39.6. The van der Waals surface area contributed by atoms with Gasteiger partial charge in [0.15, 0.2) is 0 Å². The Kier molecular flexibility index (Phi) is 7.02. The minimum Gasteiger partial charge on any atom is -0.341 e. The summed E-state index contributed by atoms with van der Waals surface area (Å²) in [5.41, 5.74) is 0. The smallest absolute Gasteiger partial charge is 0.321 e. The van der Waals surface area contributed by atoms with Crippen LogP contribution in [0.4, 0.5) is 4.79 Å². The Balaban J connectivity index is 1.74. The summed E-state index contributed by atoms with van der Waals surface area (Å²) in [6, 6.07) is -0.869. The molecule has 0 aromatic heterocycles. The SMILES string of the molecule is CNC(=O)NC(=O)C(C)N1CCN(C(=O)CC2CCCCC2)CC1. The number of amides is 4. The van der Waals surface area contributed by atoms with E-state index in [1.54, 1.807) is 6.92 Å². The summed E-state index contributed by atoms with van der Waals surface area (Å²) in [5.74, 6) is 0.502. The van der Waals surface area contributed by atoms with E-state index >= 15 is 0 Å². The zero-order valence-corrected chi connectivity index (χ0v) is 14.8. The van der Waals surface area contributed by atoms with Crippen molar-refractivity contribution in [2.45, 2.75) is 51.5 Å². The number of piperazine rings is 1. The molecule has 0 bridgehead atoms. The lowest BCUT2D eigenvalue weighted by Gasteiger charge is -2.38. The van der Waals surface area contributed by atoms with Crippen molar-refractivity contribution in [3.05, 3.63) is 0 Å². The normalized spacial score (nSPS) is 21.2. The van der Waals surface area contributed by atoms with Gasteiger partial charge in [0.05, 0.1) is 6.04 Å². The predicted octanol–water partition coefficient (Wildman–Crippen LogP) is 0.945. The van der Waals surface area contributed by atoms with Gasteiger partial charge >= 0.3 is 6.03 Å². The average molecular weight is 338 g/mol. The van der Waals surface area contributed by atoms with Gasteiger partial charge in [-0.25, -0.2) is 4.79 Å². The Labute approximate surface area is 144 Å². The quantitative estimate of drug-likeness (QED) is 0.799. The molecule has 1 aliphatic heterocycles. The van der Waals surface area contributed by atoms with E-state index < -0.39 is 6.03 Å². The lowest BCUT2D eigenvalue weighted by Crippen LogP contribution is -2.56. The topological polar surface area (TPSA) is 81.8 Å². The third kappa shape index (κ3) is 5.19. The molecule has 4 amide bonds. The molecule has 2 rings (SSSR count). The lowest BCUT2D eigenvalue weighted by molar-refractivity contribution is -0.135. The molecule has 7 nitrogen and oxygen atoms in total. The van der Waals surface area contributed by atoms with Gasteiger partial charge < -0.3 is 10.2 Å². The third-order valence-electron chi connectivity index (χ3n) is 5.25. The second-order valence-electron chi connectivity index (χ2n) is 6.87. The molecule has 0 radical (unpaired) electrons. The zero-order valence-electron chi connectivity index (χ0n) is 14.8. The average Bonchev–Trinajstić information content (AvgIpc) is 2.61. The van der Waals surface area contributed by atoms with Crippen molar-refractivity contribution in [2.24, 2.45) is 5.92 Å². The number of rotatable bonds is 4. The number of nitrogens with zero attached hydrogens (tertiary/aromatic N) is 2. The predicted molar refractivity (Wildman–Crippen MR) is 91.4 cm³/mol. The molecule has 136 valence electrons.